The number of sulfone groups is 1. The molecule has 2 aliphatic rings. The molecule has 2 atom stereocenters. The molecule has 1 aliphatic heterocycles. The SMILES string of the molecule is O=C1c2ccccc2S(=O)(=O)C[C@@H]2CCCC[C@@H]12. The maximum absolute atomic E-state index is 12.5. The van der Waals surface area contributed by atoms with Crippen LogP contribution in [0.15, 0.2) is 29.2 Å². The Labute approximate surface area is 107 Å². The van der Waals surface area contributed by atoms with E-state index in [4.69, 9.17) is 0 Å². The Bertz CT molecular complexity index is 589. The van der Waals surface area contributed by atoms with Gasteiger partial charge < -0.3 is 0 Å². The number of fused-ring (bicyclic) bond motifs is 2. The lowest BCUT2D eigenvalue weighted by molar-refractivity contribution is 0.0840. The number of hydrogen-bond donors (Lipinski definition) is 0. The van der Waals surface area contributed by atoms with Gasteiger partial charge in [0.25, 0.3) is 0 Å². The number of carbonyl (C=O) groups is 1. The van der Waals surface area contributed by atoms with Gasteiger partial charge in [-0.15, -0.1) is 0 Å². The minimum absolute atomic E-state index is 0.0173. The van der Waals surface area contributed by atoms with Gasteiger partial charge in [0.1, 0.15) is 0 Å². The van der Waals surface area contributed by atoms with Gasteiger partial charge in [-0.2, -0.15) is 0 Å². The molecule has 0 spiro atoms. The minimum atomic E-state index is -3.30. The van der Waals surface area contributed by atoms with E-state index in [2.05, 4.69) is 0 Å². The number of rotatable bonds is 0. The first kappa shape index (κ1) is 11.9. The molecule has 0 bridgehead atoms. The fraction of sp³-hybridized carbons (Fsp3) is 0.500. The predicted molar refractivity (Wildman–Crippen MR) is 68.3 cm³/mol. The van der Waals surface area contributed by atoms with E-state index in [1.54, 1.807) is 24.3 Å². The van der Waals surface area contributed by atoms with E-state index in [-0.39, 0.29) is 28.3 Å². The van der Waals surface area contributed by atoms with Gasteiger partial charge in [0.05, 0.1) is 10.6 Å². The lowest BCUT2D eigenvalue weighted by Gasteiger charge is -2.27. The van der Waals surface area contributed by atoms with Crippen LogP contribution in [0.1, 0.15) is 36.0 Å². The molecule has 96 valence electrons. The Kier molecular flexibility index (Phi) is 2.77. The summed E-state index contributed by atoms with van der Waals surface area (Å²) in [7, 11) is -3.30. The van der Waals surface area contributed by atoms with Crippen LogP contribution in [0, 0.1) is 11.8 Å². The zero-order valence-corrected chi connectivity index (χ0v) is 10.9. The fourth-order valence-electron chi connectivity index (χ4n) is 3.27. The van der Waals surface area contributed by atoms with Gasteiger partial charge in [0.15, 0.2) is 15.6 Å². The molecule has 0 amide bonds. The second kappa shape index (κ2) is 4.19. The summed E-state index contributed by atoms with van der Waals surface area (Å²) in [6.45, 7) is 0. The highest BCUT2D eigenvalue weighted by molar-refractivity contribution is 7.91. The van der Waals surface area contributed by atoms with Crippen LogP contribution in [-0.4, -0.2) is 20.0 Å². The second-order valence-electron chi connectivity index (χ2n) is 5.29. The monoisotopic (exact) mass is 264 g/mol. The number of benzene rings is 1. The van der Waals surface area contributed by atoms with Gasteiger partial charge in [-0.25, -0.2) is 8.42 Å². The molecule has 4 heteroatoms. The van der Waals surface area contributed by atoms with Crippen molar-refractivity contribution in [1.82, 2.24) is 0 Å². The third-order valence-electron chi connectivity index (χ3n) is 4.17. The van der Waals surface area contributed by atoms with Crippen LogP contribution in [0.3, 0.4) is 0 Å². The van der Waals surface area contributed by atoms with E-state index in [1.807, 2.05) is 0 Å². The van der Waals surface area contributed by atoms with Crippen LogP contribution in [-0.2, 0) is 9.84 Å². The summed E-state index contributed by atoms with van der Waals surface area (Å²) in [5.74, 6) is 0.109. The molecule has 3 rings (SSSR count). The van der Waals surface area contributed by atoms with E-state index in [0.717, 1.165) is 25.7 Å². The van der Waals surface area contributed by atoms with Gasteiger partial charge in [-0.05, 0) is 24.8 Å². The van der Waals surface area contributed by atoms with Crippen molar-refractivity contribution in [3.63, 3.8) is 0 Å². The molecule has 0 aromatic heterocycles. The average molecular weight is 264 g/mol. The van der Waals surface area contributed by atoms with Crippen molar-refractivity contribution in [1.29, 1.82) is 0 Å². The average Bonchev–Trinajstić information content (AvgIpc) is 2.45. The van der Waals surface area contributed by atoms with Crippen molar-refractivity contribution in [2.75, 3.05) is 5.75 Å². The highest BCUT2D eigenvalue weighted by Crippen LogP contribution is 2.38. The molecule has 1 fully saturated rings. The van der Waals surface area contributed by atoms with E-state index in [9.17, 15) is 13.2 Å². The molecule has 1 aromatic carbocycles. The van der Waals surface area contributed by atoms with Gasteiger partial charge in [0.2, 0.25) is 0 Å². The summed E-state index contributed by atoms with van der Waals surface area (Å²) in [4.78, 5) is 12.7. The number of carbonyl (C=O) groups excluding carboxylic acids is 1. The number of ketones is 1. The smallest absolute Gasteiger partial charge is 0.179 e. The maximum atomic E-state index is 12.5. The number of hydrogen-bond acceptors (Lipinski definition) is 3. The molecule has 18 heavy (non-hydrogen) atoms. The topological polar surface area (TPSA) is 51.2 Å². The largest absolute Gasteiger partial charge is 0.294 e. The molecule has 0 N–H and O–H groups in total. The summed E-state index contributed by atoms with van der Waals surface area (Å²) in [6, 6.07) is 6.67. The maximum Gasteiger partial charge on any atom is 0.179 e. The van der Waals surface area contributed by atoms with Crippen molar-refractivity contribution >= 4 is 15.6 Å². The molecule has 0 saturated heterocycles. The third-order valence-corrected chi connectivity index (χ3v) is 6.06. The molecule has 3 nitrogen and oxygen atoms in total. The van der Waals surface area contributed by atoms with Crippen molar-refractivity contribution in [3.8, 4) is 0 Å². The third kappa shape index (κ3) is 1.79. The predicted octanol–water partition coefficient (Wildman–Crippen LogP) is 2.46. The lowest BCUT2D eigenvalue weighted by Crippen LogP contribution is -2.29. The summed E-state index contributed by atoms with van der Waals surface area (Å²) in [6.07, 6.45) is 3.78. The minimum Gasteiger partial charge on any atom is -0.294 e. The summed E-state index contributed by atoms with van der Waals surface area (Å²) >= 11 is 0. The van der Waals surface area contributed by atoms with E-state index in [0.29, 0.717) is 5.56 Å². The second-order valence-corrected chi connectivity index (χ2v) is 7.30. The van der Waals surface area contributed by atoms with Crippen molar-refractivity contribution in [2.45, 2.75) is 30.6 Å². The first-order chi connectivity index (χ1) is 8.59. The van der Waals surface area contributed by atoms with E-state index < -0.39 is 9.84 Å². The zero-order chi connectivity index (χ0) is 12.8. The van der Waals surface area contributed by atoms with Crippen LogP contribution in [0.4, 0.5) is 0 Å². The van der Waals surface area contributed by atoms with Gasteiger partial charge in [-0.3, -0.25) is 4.79 Å². The first-order valence-electron chi connectivity index (χ1n) is 6.45. The van der Waals surface area contributed by atoms with Crippen LogP contribution in [0.2, 0.25) is 0 Å². The van der Waals surface area contributed by atoms with E-state index in [1.165, 1.54) is 0 Å². The molecular formula is C14H16O3S. The summed E-state index contributed by atoms with van der Waals surface area (Å²) in [5.41, 5.74) is 0.409. The Morgan fingerprint density at radius 2 is 1.78 bits per heavy atom. The van der Waals surface area contributed by atoms with Crippen LogP contribution in [0.25, 0.3) is 0 Å². The normalized spacial score (nSPS) is 30.1. The number of Topliss-reactive ketones (excluding diaryl/α,β-unsaturated/α-hetero) is 1. The van der Waals surface area contributed by atoms with Crippen LogP contribution >= 0.6 is 0 Å². The molecule has 1 aromatic rings. The molecule has 0 unspecified atom stereocenters. The van der Waals surface area contributed by atoms with E-state index >= 15 is 0 Å². The quantitative estimate of drug-likeness (QED) is 0.723. The van der Waals surface area contributed by atoms with Crippen molar-refractivity contribution < 1.29 is 13.2 Å². The van der Waals surface area contributed by atoms with Crippen molar-refractivity contribution in [3.05, 3.63) is 29.8 Å². The first-order valence-corrected chi connectivity index (χ1v) is 8.11. The van der Waals surface area contributed by atoms with Crippen LogP contribution < -0.4 is 0 Å². The standard InChI is InChI=1S/C14H16O3S/c15-14-11-6-2-1-5-10(11)9-18(16,17)13-8-4-3-7-12(13)14/h3-4,7-8,10-11H,1-2,5-6,9H2/t10-,11+/m0/s1. The van der Waals surface area contributed by atoms with Crippen molar-refractivity contribution in [2.24, 2.45) is 11.8 Å². The lowest BCUT2D eigenvalue weighted by atomic mass is 9.76. The summed E-state index contributed by atoms with van der Waals surface area (Å²) < 4.78 is 24.7. The fourth-order valence-corrected chi connectivity index (χ4v) is 5.20. The van der Waals surface area contributed by atoms with Gasteiger partial charge in [-0.1, -0.05) is 31.0 Å². The Morgan fingerprint density at radius 1 is 1.06 bits per heavy atom. The van der Waals surface area contributed by atoms with Crippen LogP contribution in [0.5, 0.6) is 0 Å². The molecular weight excluding hydrogens is 248 g/mol. The summed E-state index contributed by atoms with van der Waals surface area (Å²) in [5, 5.41) is 0. The zero-order valence-electron chi connectivity index (χ0n) is 10.1. The molecule has 1 saturated carbocycles. The highest BCUT2D eigenvalue weighted by atomic mass is 32.2. The Morgan fingerprint density at radius 3 is 2.61 bits per heavy atom. The Hall–Kier alpha value is -1.16. The molecule has 1 aliphatic carbocycles. The molecule has 0 radical (unpaired) electrons. The Balaban J connectivity index is 2.17. The molecule has 1 heterocycles. The van der Waals surface area contributed by atoms with Gasteiger partial charge >= 0.3 is 0 Å². The van der Waals surface area contributed by atoms with Gasteiger partial charge in [0, 0.05) is 11.5 Å². The highest BCUT2D eigenvalue weighted by Gasteiger charge is 2.40.